The number of anilines is 1. The molecule has 0 spiro atoms. The zero-order chi connectivity index (χ0) is 16.1. The molecule has 6 nitrogen and oxygen atoms in total. The van der Waals surface area contributed by atoms with Crippen LogP contribution in [0.25, 0.3) is 0 Å². The highest BCUT2D eigenvalue weighted by Gasteiger charge is 2.33. The van der Waals surface area contributed by atoms with Gasteiger partial charge in [-0.1, -0.05) is 18.2 Å². The fraction of sp³-hybridized carbons (Fsp3) is 0.312. The Kier molecular flexibility index (Phi) is 4.93. The smallest absolute Gasteiger partial charge is 0.307 e. The molecule has 1 aliphatic carbocycles. The lowest BCUT2D eigenvalue weighted by molar-refractivity contribution is -0.146. The Morgan fingerprint density at radius 2 is 1.82 bits per heavy atom. The van der Waals surface area contributed by atoms with Crippen molar-refractivity contribution in [3.8, 4) is 0 Å². The standard InChI is InChI=1S/C16H18N2O4/c1-17-14(19)10-5-4-6-11(9-10)18-15(20)12-7-2-3-8-13(12)16(21)22/h2-6,9,12-13H,7-8H2,1H3,(H,17,19)(H,18,20)(H,21,22)/t12-,13-/m1/s1. The van der Waals surface area contributed by atoms with E-state index >= 15 is 0 Å². The summed E-state index contributed by atoms with van der Waals surface area (Å²) in [6, 6.07) is 6.53. The molecule has 1 aliphatic rings. The van der Waals surface area contributed by atoms with E-state index in [4.69, 9.17) is 0 Å². The van der Waals surface area contributed by atoms with E-state index in [9.17, 15) is 19.5 Å². The summed E-state index contributed by atoms with van der Waals surface area (Å²) in [7, 11) is 1.53. The number of carboxylic acid groups (broad SMARTS) is 1. The van der Waals surface area contributed by atoms with Crippen molar-refractivity contribution in [2.75, 3.05) is 12.4 Å². The van der Waals surface area contributed by atoms with E-state index in [0.717, 1.165) is 0 Å². The molecule has 0 radical (unpaired) electrons. The molecule has 0 bridgehead atoms. The van der Waals surface area contributed by atoms with Gasteiger partial charge >= 0.3 is 5.97 Å². The number of rotatable bonds is 4. The van der Waals surface area contributed by atoms with Gasteiger partial charge in [-0.05, 0) is 31.0 Å². The van der Waals surface area contributed by atoms with Crippen molar-refractivity contribution in [2.45, 2.75) is 12.8 Å². The van der Waals surface area contributed by atoms with Crippen LogP contribution in [0.1, 0.15) is 23.2 Å². The van der Waals surface area contributed by atoms with Crippen LogP contribution in [0.15, 0.2) is 36.4 Å². The maximum atomic E-state index is 12.3. The van der Waals surface area contributed by atoms with Crippen LogP contribution in [0, 0.1) is 11.8 Å². The first-order valence-corrected chi connectivity index (χ1v) is 7.03. The summed E-state index contributed by atoms with van der Waals surface area (Å²) in [5.41, 5.74) is 0.906. The van der Waals surface area contributed by atoms with E-state index in [1.165, 1.54) is 7.05 Å². The first-order valence-electron chi connectivity index (χ1n) is 7.03. The molecule has 0 saturated carbocycles. The van der Waals surface area contributed by atoms with E-state index in [-0.39, 0.29) is 11.8 Å². The minimum atomic E-state index is -0.969. The molecule has 0 saturated heterocycles. The number of benzene rings is 1. The van der Waals surface area contributed by atoms with Crippen molar-refractivity contribution in [2.24, 2.45) is 11.8 Å². The van der Waals surface area contributed by atoms with Gasteiger partial charge in [-0.2, -0.15) is 0 Å². The molecule has 0 unspecified atom stereocenters. The molecule has 3 N–H and O–H groups in total. The van der Waals surface area contributed by atoms with Gasteiger partial charge in [0, 0.05) is 18.3 Å². The molecule has 1 aromatic carbocycles. The monoisotopic (exact) mass is 302 g/mol. The lowest BCUT2D eigenvalue weighted by Crippen LogP contribution is -2.34. The van der Waals surface area contributed by atoms with Crippen LogP contribution in [0.5, 0.6) is 0 Å². The van der Waals surface area contributed by atoms with E-state index in [1.54, 1.807) is 30.3 Å². The number of amides is 2. The lowest BCUT2D eigenvalue weighted by atomic mass is 9.82. The van der Waals surface area contributed by atoms with Gasteiger partial charge in [-0.3, -0.25) is 14.4 Å². The highest BCUT2D eigenvalue weighted by atomic mass is 16.4. The normalized spacial score (nSPS) is 20.2. The maximum Gasteiger partial charge on any atom is 0.307 e. The number of carboxylic acids is 1. The summed E-state index contributed by atoms with van der Waals surface area (Å²) in [5.74, 6) is -2.88. The fourth-order valence-electron chi connectivity index (χ4n) is 2.49. The molecule has 22 heavy (non-hydrogen) atoms. The first kappa shape index (κ1) is 15.8. The number of carbonyl (C=O) groups is 3. The Labute approximate surface area is 128 Å². The predicted octanol–water partition coefficient (Wildman–Crippen LogP) is 1.65. The Balaban J connectivity index is 2.13. The van der Waals surface area contributed by atoms with Crippen molar-refractivity contribution in [1.82, 2.24) is 5.32 Å². The van der Waals surface area contributed by atoms with Crippen LogP contribution in [-0.2, 0) is 9.59 Å². The Bertz CT molecular complexity index is 624. The van der Waals surface area contributed by atoms with Crippen LogP contribution in [0.4, 0.5) is 5.69 Å². The van der Waals surface area contributed by atoms with Crippen molar-refractivity contribution in [3.63, 3.8) is 0 Å². The van der Waals surface area contributed by atoms with Crippen molar-refractivity contribution in [3.05, 3.63) is 42.0 Å². The van der Waals surface area contributed by atoms with Gasteiger partial charge in [0.2, 0.25) is 5.91 Å². The Morgan fingerprint density at radius 3 is 2.45 bits per heavy atom. The molecule has 0 aliphatic heterocycles. The van der Waals surface area contributed by atoms with Gasteiger partial charge in [0.15, 0.2) is 0 Å². The Morgan fingerprint density at radius 1 is 1.14 bits per heavy atom. The maximum absolute atomic E-state index is 12.3. The van der Waals surface area contributed by atoms with E-state index in [2.05, 4.69) is 10.6 Å². The third-order valence-electron chi connectivity index (χ3n) is 3.71. The van der Waals surface area contributed by atoms with Gasteiger partial charge in [0.1, 0.15) is 0 Å². The van der Waals surface area contributed by atoms with Crippen LogP contribution in [0.2, 0.25) is 0 Å². The SMILES string of the molecule is CNC(=O)c1cccc(NC(=O)[C@@H]2CC=CC[C@H]2C(=O)O)c1. The van der Waals surface area contributed by atoms with E-state index in [0.29, 0.717) is 24.1 Å². The number of hydrogen-bond acceptors (Lipinski definition) is 3. The largest absolute Gasteiger partial charge is 0.481 e. The van der Waals surface area contributed by atoms with Crippen molar-refractivity contribution < 1.29 is 19.5 Å². The molecule has 6 heteroatoms. The molecule has 2 atom stereocenters. The highest BCUT2D eigenvalue weighted by molar-refractivity contribution is 5.98. The molecular weight excluding hydrogens is 284 g/mol. The summed E-state index contributed by atoms with van der Waals surface area (Å²) < 4.78 is 0. The van der Waals surface area contributed by atoms with Gasteiger partial charge in [0.25, 0.3) is 5.91 Å². The average Bonchev–Trinajstić information content (AvgIpc) is 2.54. The van der Waals surface area contributed by atoms with Crippen LogP contribution < -0.4 is 10.6 Å². The first-order chi connectivity index (χ1) is 10.5. The average molecular weight is 302 g/mol. The van der Waals surface area contributed by atoms with E-state index < -0.39 is 17.8 Å². The summed E-state index contributed by atoms with van der Waals surface area (Å²) in [4.78, 5) is 35.1. The second-order valence-corrected chi connectivity index (χ2v) is 5.14. The summed E-state index contributed by atoms with van der Waals surface area (Å²) >= 11 is 0. The number of allylic oxidation sites excluding steroid dienone is 2. The molecule has 2 amide bonds. The molecule has 116 valence electrons. The summed E-state index contributed by atoms with van der Waals surface area (Å²) in [6.07, 6.45) is 4.36. The van der Waals surface area contributed by atoms with Crippen LogP contribution >= 0.6 is 0 Å². The molecule has 0 heterocycles. The van der Waals surface area contributed by atoms with Crippen LogP contribution in [-0.4, -0.2) is 29.9 Å². The minimum absolute atomic E-state index is 0.250. The van der Waals surface area contributed by atoms with Crippen molar-refractivity contribution >= 4 is 23.5 Å². The molecular formula is C16H18N2O4. The van der Waals surface area contributed by atoms with Crippen molar-refractivity contribution in [1.29, 1.82) is 0 Å². The van der Waals surface area contributed by atoms with Gasteiger partial charge in [0.05, 0.1) is 11.8 Å². The van der Waals surface area contributed by atoms with Gasteiger partial charge in [-0.25, -0.2) is 0 Å². The second-order valence-electron chi connectivity index (χ2n) is 5.14. The summed E-state index contributed by atoms with van der Waals surface area (Å²) in [5, 5.41) is 14.4. The molecule has 0 fully saturated rings. The Hall–Kier alpha value is -2.63. The number of carbonyl (C=O) groups excluding carboxylic acids is 2. The van der Waals surface area contributed by atoms with Gasteiger partial charge in [-0.15, -0.1) is 0 Å². The van der Waals surface area contributed by atoms with Gasteiger partial charge < -0.3 is 15.7 Å². The lowest BCUT2D eigenvalue weighted by Gasteiger charge is -2.24. The zero-order valence-electron chi connectivity index (χ0n) is 12.2. The quantitative estimate of drug-likeness (QED) is 0.737. The van der Waals surface area contributed by atoms with E-state index in [1.807, 2.05) is 6.08 Å². The zero-order valence-corrected chi connectivity index (χ0v) is 12.2. The molecule has 1 aromatic rings. The minimum Gasteiger partial charge on any atom is -0.481 e. The third-order valence-corrected chi connectivity index (χ3v) is 3.71. The number of nitrogens with one attached hydrogen (secondary N) is 2. The predicted molar refractivity (Wildman–Crippen MR) is 81.5 cm³/mol. The van der Waals surface area contributed by atoms with Crippen LogP contribution in [0.3, 0.4) is 0 Å². The number of hydrogen-bond donors (Lipinski definition) is 3. The fourth-order valence-corrected chi connectivity index (χ4v) is 2.49. The second kappa shape index (κ2) is 6.89. The third kappa shape index (κ3) is 3.52. The number of aliphatic carboxylic acids is 1. The highest BCUT2D eigenvalue weighted by Crippen LogP contribution is 2.27. The topological polar surface area (TPSA) is 95.5 Å². The molecule has 0 aromatic heterocycles. The molecule has 2 rings (SSSR count). The summed E-state index contributed by atoms with van der Waals surface area (Å²) in [6.45, 7) is 0.